The van der Waals surface area contributed by atoms with Crippen molar-refractivity contribution in [2.75, 3.05) is 0 Å². The van der Waals surface area contributed by atoms with Crippen LogP contribution in [0.2, 0.25) is 0 Å². The van der Waals surface area contributed by atoms with Crippen molar-refractivity contribution >= 4 is 11.9 Å². The van der Waals surface area contributed by atoms with E-state index in [2.05, 4.69) is 25.3 Å². The normalized spacial score (nSPS) is 14.9. The van der Waals surface area contributed by atoms with E-state index in [-0.39, 0.29) is 0 Å². The lowest BCUT2D eigenvalue weighted by atomic mass is 9.99. The summed E-state index contributed by atoms with van der Waals surface area (Å²) in [6, 6.07) is 0. The molecule has 2 atom stereocenters. The van der Waals surface area contributed by atoms with Crippen LogP contribution in [-0.4, -0.2) is 23.1 Å². The zero-order valence-electron chi connectivity index (χ0n) is 18.3. The highest BCUT2D eigenvalue weighted by atomic mass is 16.6. The molecular formula is C24H36O4. The van der Waals surface area contributed by atoms with Gasteiger partial charge in [0, 0.05) is 12.2 Å². The number of ether oxygens (including phenoxy) is 2. The molecule has 0 heterocycles. The monoisotopic (exact) mass is 388 g/mol. The predicted octanol–water partition coefficient (Wildman–Crippen LogP) is 6.01. The number of carbonyl (C=O) groups excluding carboxylic acids is 2. The second-order valence-electron chi connectivity index (χ2n) is 7.85. The summed E-state index contributed by atoms with van der Waals surface area (Å²) in [6.07, 6.45) is 12.3. The van der Waals surface area contributed by atoms with Gasteiger partial charge < -0.3 is 9.47 Å². The van der Waals surface area contributed by atoms with Crippen molar-refractivity contribution in [3.63, 3.8) is 0 Å². The van der Waals surface area contributed by atoms with Gasteiger partial charge in [0.25, 0.3) is 0 Å². The molecule has 0 fully saturated rings. The third-order valence-corrected chi connectivity index (χ3v) is 4.27. The van der Waals surface area contributed by atoms with E-state index in [1.54, 1.807) is 26.0 Å². The standard InChI is InChI=1S/C24H36O4/c1-9-23(7,17-11-13-19(3)4)27-21(25)15-16-22(26)28-24(8,10-2)18-12-14-20(5)6/h9-10,13-16H,1-2,11-12,17-18H2,3-8H3/b16-15-. The fourth-order valence-electron chi connectivity index (χ4n) is 2.35. The van der Waals surface area contributed by atoms with Crippen LogP contribution in [0.5, 0.6) is 0 Å². The maximum absolute atomic E-state index is 12.1. The molecule has 0 aliphatic carbocycles. The Labute approximate surface area is 170 Å². The van der Waals surface area contributed by atoms with Gasteiger partial charge in [-0.25, -0.2) is 9.59 Å². The third-order valence-electron chi connectivity index (χ3n) is 4.27. The van der Waals surface area contributed by atoms with E-state index in [0.29, 0.717) is 12.8 Å². The minimum Gasteiger partial charge on any atom is -0.452 e. The topological polar surface area (TPSA) is 52.6 Å². The number of hydrogen-bond acceptors (Lipinski definition) is 4. The van der Waals surface area contributed by atoms with Gasteiger partial charge in [0.15, 0.2) is 0 Å². The van der Waals surface area contributed by atoms with Crippen LogP contribution in [0.4, 0.5) is 0 Å². The van der Waals surface area contributed by atoms with Gasteiger partial charge in [-0.05, 0) is 79.4 Å². The molecule has 156 valence electrons. The van der Waals surface area contributed by atoms with Crippen molar-refractivity contribution in [1.82, 2.24) is 0 Å². The van der Waals surface area contributed by atoms with E-state index in [1.807, 2.05) is 27.7 Å². The van der Waals surface area contributed by atoms with E-state index in [4.69, 9.17) is 9.47 Å². The quantitative estimate of drug-likeness (QED) is 0.233. The number of carbonyl (C=O) groups is 2. The summed E-state index contributed by atoms with van der Waals surface area (Å²) in [5.74, 6) is -1.22. The van der Waals surface area contributed by atoms with Crippen LogP contribution >= 0.6 is 0 Å². The van der Waals surface area contributed by atoms with E-state index in [0.717, 1.165) is 25.0 Å². The average Bonchev–Trinajstić information content (AvgIpc) is 2.59. The summed E-state index contributed by atoms with van der Waals surface area (Å²) in [7, 11) is 0. The van der Waals surface area contributed by atoms with E-state index >= 15 is 0 Å². The Morgan fingerprint density at radius 3 is 1.32 bits per heavy atom. The Bertz CT molecular complexity index is 590. The van der Waals surface area contributed by atoms with E-state index in [1.165, 1.54) is 11.1 Å². The van der Waals surface area contributed by atoms with Crippen molar-refractivity contribution in [1.29, 1.82) is 0 Å². The van der Waals surface area contributed by atoms with Crippen molar-refractivity contribution in [2.24, 2.45) is 0 Å². The molecule has 0 rings (SSSR count). The van der Waals surface area contributed by atoms with Crippen LogP contribution in [0.3, 0.4) is 0 Å². The summed E-state index contributed by atoms with van der Waals surface area (Å²) in [6.45, 7) is 19.1. The second kappa shape index (κ2) is 12.2. The largest absolute Gasteiger partial charge is 0.452 e. The van der Waals surface area contributed by atoms with Crippen LogP contribution in [0.25, 0.3) is 0 Å². The van der Waals surface area contributed by atoms with Gasteiger partial charge in [0.05, 0.1) is 0 Å². The molecule has 28 heavy (non-hydrogen) atoms. The minimum absolute atomic E-state index is 0.610. The lowest BCUT2D eigenvalue weighted by Crippen LogP contribution is -2.29. The molecule has 4 heteroatoms. The van der Waals surface area contributed by atoms with Gasteiger partial charge in [-0.15, -0.1) is 0 Å². The molecule has 0 aromatic carbocycles. The lowest BCUT2D eigenvalue weighted by Gasteiger charge is -2.25. The van der Waals surface area contributed by atoms with Crippen LogP contribution in [0.15, 0.2) is 60.8 Å². The zero-order chi connectivity index (χ0) is 21.8. The van der Waals surface area contributed by atoms with Gasteiger partial charge in [-0.1, -0.05) is 36.5 Å². The Morgan fingerprint density at radius 1 is 0.750 bits per heavy atom. The molecule has 0 aliphatic heterocycles. The van der Waals surface area contributed by atoms with Gasteiger partial charge in [-0.3, -0.25) is 0 Å². The van der Waals surface area contributed by atoms with Crippen LogP contribution < -0.4 is 0 Å². The Kier molecular flexibility index (Phi) is 11.1. The smallest absolute Gasteiger partial charge is 0.331 e. The molecule has 0 amide bonds. The molecule has 4 nitrogen and oxygen atoms in total. The zero-order valence-corrected chi connectivity index (χ0v) is 18.3. The lowest BCUT2D eigenvalue weighted by molar-refractivity contribution is -0.151. The highest BCUT2D eigenvalue weighted by Crippen LogP contribution is 2.22. The van der Waals surface area contributed by atoms with Crippen LogP contribution in [0.1, 0.15) is 67.2 Å². The highest BCUT2D eigenvalue weighted by Gasteiger charge is 2.25. The summed E-state index contributed by atoms with van der Waals surface area (Å²) in [4.78, 5) is 24.2. The van der Waals surface area contributed by atoms with Gasteiger partial charge in [0.2, 0.25) is 0 Å². The fourth-order valence-corrected chi connectivity index (χ4v) is 2.35. The van der Waals surface area contributed by atoms with Crippen LogP contribution in [0, 0.1) is 0 Å². The average molecular weight is 389 g/mol. The highest BCUT2D eigenvalue weighted by molar-refractivity contribution is 5.92. The first kappa shape index (κ1) is 25.6. The van der Waals surface area contributed by atoms with Crippen molar-refractivity contribution in [2.45, 2.75) is 78.4 Å². The number of hydrogen-bond donors (Lipinski definition) is 0. The Hall–Kier alpha value is -2.36. The molecular weight excluding hydrogens is 352 g/mol. The molecule has 0 saturated carbocycles. The molecule has 0 radical (unpaired) electrons. The SMILES string of the molecule is C=CC(C)(CCC=C(C)C)OC(=O)/C=C\C(=O)OC(C)(C=C)CCC=C(C)C. The minimum atomic E-state index is -0.794. The first-order valence-electron chi connectivity index (χ1n) is 9.63. The van der Waals surface area contributed by atoms with Crippen molar-refractivity contribution in [3.05, 3.63) is 60.8 Å². The van der Waals surface area contributed by atoms with Gasteiger partial charge in [0.1, 0.15) is 11.2 Å². The first-order valence-corrected chi connectivity index (χ1v) is 9.63. The van der Waals surface area contributed by atoms with Crippen LogP contribution in [-0.2, 0) is 19.1 Å². The summed E-state index contributed by atoms with van der Waals surface area (Å²) >= 11 is 0. The maximum atomic E-state index is 12.1. The van der Waals surface area contributed by atoms with Gasteiger partial charge >= 0.3 is 11.9 Å². The molecule has 2 unspecified atom stereocenters. The van der Waals surface area contributed by atoms with Crippen molar-refractivity contribution in [3.8, 4) is 0 Å². The molecule has 0 saturated heterocycles. The maximum Gasteiger partial charge on any atom is 0.331 e. The Morgan fingerprint density at radius 2 is 1.07 bits per heavy atom. The summed E-state index contributed by atoms with van der Waals surface area (Å²) < 4.78 is 10.9. The summed E-state index contributed by atoms with van der Waals surface area (Å²) in [5, 5.41) is 0. The molecule has 0 aromatic rings. The van der Waals surface area contributed by atoms with E-state index in [9.17, 15) is 9.59 Å². The van der Waals surface area contributed by atoms with Crippen molar-refractivity contribution < 1.29 is 19.1 Å². The molecule has 0 bridgehead atoms. The molecule has 0 aliphatic rings. The number of allylic oxidation sites excluding steroid dienone is 4. The third kappa shape index (κ3) is 11.4. The molecule has 0 aromatic heterocycles. The Balaban J connectivity index is 4.78. The molecule has 0 spiro atoms. The van der Waals surface area contributed by atoms with Gasteiger partial charge in [-0.2, -0.15) is 0 Å². The summed E-state index contributed by atoms with van der Waals surface area (Å²) in [5.41, 5.74) is 0.819. The number of esters is 2. The fraction of sp³-hybridized carbons (Fsp3) is 0.500. The van der Waals surface area contributed by atoms with E-state index < -0.39 is 23.1 Å². The second-order valence-corrected chi connectivity index (χ2v) is 7.85. The molecule has 0 N–H and O–H groups in total. The predicted molar refractivity (Wildman–Crippen MR) is 116 cm³/mol. The number of rotatable bonds is 12. The first-order chi connectivity index (χ1) is 12.9.